The largest absolute Gasteiger partial charge is 0.299 e. The highest BCUT2D eigenvalue weighted by atomic mass is 16.1. The van der Waals surface area contributed by atoms with Gasteiger partial charge >= 0.3 is 0 Å². The second-order valence-corrected chi connectivity index (χ2v) is 4.56. The maximum Gasteiger partial charge on any atom is 0.139 e. The van der Waals surface area contributed by atoms with Crippen LogP contribution in [0.1, 0.15) is 53.2 Å². The average Bonchev–Trinajstić information content (AvgIpc) is 2.24. The highest BCUT2D eigenvalue weighted by molar-refractivity contribution is 5.90. The van der Waals surface area contributed by atoms with Gasteiger partial charge in [-0.1, -0.05) is 32.6 Å². The minimum absolute atomic E-state index is 0.395. The monoisotopic (exact) mass is 181 g/mol. The van der Waals surface area contributed by atoms with Crippen molar-refractivity contribution in [2.24, 2.45) is 17.8 Å². The standard InChI is InChI=1S/C12H20O/c1-2-3-6-10-9-7-4-5-8-11(9)12(10)13/h9-11H,2-8H2,1H3/t9-,10-,11-/m1/s1/i1D. The normalized spacial score (nSPS) is 39.2. The Bertz CT molecular complexity index is 214. The maximum atomic E-state index is 11.7. The van der Waals surface area contributed by atoms with Gasteiger partial charge in [-0.05, 0) is 25.2 Å². The Balaban J connectivity index is 1.79. The number of rotatable bonds is 3. The van der Waals surface area contributed by atoms with Crippen LogP contribution in [0.5, 0.6) is 0 Å². The third kappa shape index (κ3) is 1.53. The molecule has 74 valence electrons. The molecule has 2 saturated carbocycles. The summed E-state index contributed by atoms with van der Waals surface area (Å²) >= 11 is 0. The summed E-state index contributed by atoms with van der Waals surface area (Å²) in [5.74, 6) is 2.14. The smallest absolute Gasteiger partial charge is 0.139 e. The van der Waals surface area contributed by atoms with Gasteiger partial charge in [-0.25, -0.2) is 0 Å². The molecule has 0 N–H and O–H groups in total. The van der Waals surface area contributed by atoms with Gasteiger partial charge in [-0.2, -0.15) is 0 Å². The highest BCUT2D eigenvalue weighted by Crippen LogP contribution is 2.48. The van der Waals surface area contributed by atoms with Crippen molar-refractivity contribution in [3.05, 3.63) is 0 Å². The lowest BCUT2D eigenvalue weighted by molar-refractivity contribution is -0.146. The fourth-order valence-electron chi connectivity index (χ4n) is 3.08. The van der Waals surface area contributed by atoms with Crippen molar-refractivity contribution in [3.8, 4) is 0 Å². The molecule has 0 aromatic carbocycles. The van der Waals surface area contributed by atoms with Crippen molar-refractivity contribution in [3.63, 3.8) is 0 Å². The van der Waals surface area contributed by atoms with E-state index in [0.29, 0.717) is 24.5 Å². The van der Waals surface area contributed by atoms with E-state index >= 15 is 0 Å². The van der Waals surface area contributed by atoms with E-state index in [9.17, 15) is 4.79 Å². The molecule has 2 fully saturated rings. The summed E-state index contributed by atoms with van der Waals surface area (Å²) in [5, 5.41) is 0. The number of ketones is 1. The molecule has 0 bridgehead atoms. The lowest BCUT2D eigenvalue weighted by Crippen LogP contribution is -2.48. The fourth-order valence-corrected chi connectivity index (χ4v) is 3.08. The first-order valence-electron chi connectivity index (χ1n) is 6.38. The lowest BCUT2D eigenvalue weighted by Gasteiger charge is -2.46. The first-order valence-corrected chi connectivity index (χ1v) is 5.67. The Morgan fingerprint density at radius 3 is 3.15 bits per heavy atom. The van der Waals surface area contributed by atoms with Gasteiger partial charge < -0.3 is 0 Å². The molecule has 3 atom stereocenters. The average molecular weight is 181 g/mol. The van der Waals surface area contributed by atoms with Gasteiger partial charge in [0, 0.05) is 13.2 Å². The Kier molecular flexibility index (Phi) is 2.35. The first kappa shape index (κ1) is 8.02. The zero-order valence-corrected chi connectivity index (χ0v) is 8.30. The summed E-state index contributed by atoms with van der Waals surface area (Å²) in [6, 6.07) is 0. The molecule has 1 heteroatoms. The van der Waals surface area contributed by atoms with Gasteiger partial charge in [0.05, 0.1) is 0 Å². The van der Waals surface area contributed by atoms with Gasteiger partial charge in [0.1, 0.15) is 5.78 Å². The van der Waals surface area contributed by atoms with E-state index in [-0.39, 0.29) is 0 Å². The SMILES string of the molecule is [2H]CCCC[C@H]1C(=O)[C@@H]2CCCC[C@H]12. The van der Waals surface area contributed by atoms with Gasteiger partial charge in [-0.15, -0.1) is 0 Å². The van der Waals surface area contributed by atoms with Crippen LogP contribution in [0.4, 0.5) is 0 Å². The number of unbranched alkanes of at least 4 members (excludes halogenated alkanes) is 1. The van der Waals surface area contributed by atoms with Crippen LogP contribution in [-0.2, 0) is 4.79 Å². The Morgan fingerprint density at radius 2 is 2.31 bits per heavy atom. The molecular weight excluding hydrogens is 160 g/mol. The van der Waals surface area contributed by atoms with Crippen molar-refractivity contribution < 1.29 is 6.17 Å². The summed E-state index contributed by atoms with van der Waals surface area (Å²) in [7, 11) is 0. The van der Waals surface area contributed by atoms with Crippen LogP contribution in [0, 0.1) is 17.8 Å². The predicted octanol–water partition coefficient (Wildman–Crippen LogP) is 3.18. The highest BCUT2D eigenvalue weighted by Gasteiger charge is 2.48. The molecule has 0 unspecified atom stereocenters. The zero-order chi connectivity index (χ0) is 9.97. The first-order chi connectivity index (χ1) is 6.84. The molecule has 13 heavy (non-hydrogen) atoms. The predicted molar refractivity (Wildman–Crippen MR) is 53.5 cm³/mol. The van der Waals surface area contributed by atoms with Crippen LogP contribution >= 0.6 is 0 Å². The Labute approximate surface area is 82.3 Å². The van der Waals surface area contributed by atoms with Crippen LogP contribution in [0.15, 0.2) is 0 Å². The van der Waals surface area contributed by atoms with Crippen molar-refractivity contribution in [2.75, 3.05) is 0 Å². The Morgan fingerprint density at radius 1 is 1.46 bits per heavy atom. The van der Waals surface area contributed by atoms with Crippen LogP contribution in [0.3, 0.4) is 0 Å². The summed E-state index contributed by atoms with van der Waals surface area (Å²) in [5.41, 5.74) is 0. The number of fused-ring (bicyclic) bond motifs is 1. The van der Waals surface area contributed by atoms with E-state index in [4.69, 9.17) is 1.37 Å². The zero-order valence-electron chi connectivity index (χ0n) is 9.30. The second kappa shape index (κ2) is 3.81. The van der Waals surface area contributed by atoms with E-state index in [0.717, 1.165) is 25.2 Å². The minimum Gasteiger partial charge on any atom is -0.299 e. The van der Waals surface area contributed by atoms with E-state index in [2.05, 4.69) is 0 Å². The van der Waals surface area contributed by atoms with Crippen LogP contribution in [0.2, 0.25) is 0 Å². The maximum absolute atomic E-state index is 11.7. The van der Waals surface area contributed by atoms with Crippen molar-refractivity contribution in [2.45, 2.75) is 51.8 Å². The minimum atomic E-state index is 0.395. The van der Waals surface area contributed by atoms with E-state index in [1.54, 1.807) is 0 Å². The van der Waals surface area contributed by atoms with E-state index in [1.807, 2.05) is 0 Å². The van der Waals surface area contributed by atoms with Crippen molar-refractivity contribution >= 4 is 5.78 Å². The van der Waals surface area contributed by atoms with Crippen LogP contribution in [0.25, 0.3) is 0 Å². The Hall–Kier alpha value is -0.330. The molecule has 0 aliphatic heterocycles. The van der Waals surface area contributed by atoms with Gasteiger partial charge in [0.2, 0.25) is 0 Å². The summed E-state index contributed by atoms with van der Waals surface area (Å²) < 4.78 is 7.07. The molecule has 0 spiro atoms. The molecule has 0 saturated heterocycles. The summed E-state index contributed by atoms with van der Waals surface area (Å²) in [4.78, 5) is 11.7. The van der Waals surface area contributed by atoms with Crippen LogP contribution < -0.4 is 0 Å². The molecule has 0 aromatic heterocycles. The van der Waals surface area contributed by atoms with E-state index < -0.39 is 0 Å². The molecule has 2 rings (SSSR count). The summed E-state index contributed by atoms with van der Waals surface area (Å²) in [6.07, 6.45) is 8.19. The molecule has 0 aromatic rings. The van der Waals surface area contributed by atoms with Gasteiger partial charge in [-0.3, -0.25) is 4.79 Å². The fraction of sp³-hybridized carbons (Fsp3) is 0.917. The number of carbonyl (C=O) groups is 1. The van der Waals surface area contributed by atoms with E-state index in [1.165, 1.54) is 25.7 Å². The number of carbonyl (C=O) groups excluding carboxylic acids is 1. The third-order valence-electron chi connectivity index (χ3n) is 3.83. The molecule has 2 aliphatic carbocycles. The second-order valence-electron chi connectivity index (χ2n) is 4.56. The van der Waals surface area contributed by atoms with Crippen molar-refractivity contribution in [1.82, 2.24) is 0 Å². The molecule has 2 aliphatic rings. The van der Waals surface area contributed by atoms with Gasteiger partial charge in [0.15, 0.2) is 0 Å². The van der Waals surface area contributed by atoms with Gasteiger partial charge in [0.25, 0.3) is 0 Å². The third-order valence-corrected chi connectivity index (χ3v) is 3.83. The molecule has 0 radical (unpaired) electrons. The van der Waals surface area contributed by atoms with Crippen LogP contribution in [-0.4, -0.2) is 5.78 Å². The topological polar surface area (TPSA) is 17.1 Å². The lowest BCUT2D eigenvalue weighted by atomic mass is 9.56. The molecule has 0 amide bonds. The number of Topliss-reactive ketones (excluding diaryl/α,β-unsaturated/α-hetero) is 1. The number of hydrogen-bond donors (Lipinski definition) is 0. The van der Waals surface area contributed by atoms with Crippen molar-refractivity contribution in [1.29, 1.82) is 0 Å². The quantitative estimate of drug-likeness (QED) is 0.611. The number of hydrogen-bond acceptors (Lipinski definition) is 1. The molecule has 0 heterocycles. The molecular formula is C12H20O. The summed E-state index contributed by atoms with van der Waals surface area (Å²) in [6.45, 7) is 0.523. The molecule has 1 nitrogen and oxygen atoms in total.